The van der Waals surface area contributed by atoms with Gasteiger partial charge in [-0.2, -0.15) is 0 Å². The Morgan fingerprint density at radius 2 is 2.31 bits per heavy atom. The van der Waals surface area contributed by atoms with Crippen LogP contribution in [0.25, 0.3) is 0 Å². The zero-order valence-electron chi connectivity index (χ0n) is 8.41. The molecule has 1 heterocycles. The van der Waals surface area contributed by atoms with Crippen LogP contribution in [0.5, 0.6) is 5.88 Å². The van der Waals surface area contributed by atoms with Crippen LogP contribution in [0.3, 0.4) is 0 Å². The maximum Gasteiger partial charge on any atom is 0.336 e. The minimum absolute atomic E-state index is 0.176. The Hall–Kier alpha value is -1.76. The molecule has 0 amide bonds. The standard InChI is InChI=1S/C9H10F2N2O3/c1-16-6-2-4(9(14)15)5(3-12)7(13-6)8(10)11/h2,8H,3,12H2,1H3,(H,14,15). The molecular formula is C9H10F2N2O3. The Bertz CT molecular complexity index is 410. The van der Waals surface area contributed by atoms with E-state index in [9.17, 15) is 13.6 Å². The van der Waals surface area contributed by atoms with Gasteiger partial charge < -0.3 is 15.6 Å². The average Bonchev–Trinajstić information content (AvgIpc) is 2.26. The Labute approximate surface area is 89.9 Å². The molecule has 1 rings (SSSR count). The zero-order valence-corrected chi connectivity index (χ0v) is 8.41. The molecule has 0 spiro atoms. The molecule has 5 nitrogen and oxygen atoms in total. The lowest BCUT2D eigenvalue weighted by atomic mass is 10.1. The van der Waals surface area contributed by atoms with Crippen LogP contribution in [0.15, 0.2) is 6.07 Å². The van der Waals surface area contributed by atoms with Gasteiger partial charge in [0.2, 0.25) is 5.88 Å². The molecule has 0 saturated heterocycles. The van der Waals surface area contributed by atoms with Crippen molar-refractivity contribution in [3.8, 4) is 5.88 Å². The predicted molar refractivity (Wildman–Crippen MR) is 50.6 cm³/mol. The van der Waals surface area contributed by atoms with Crippen LogP contribution in [-0.2, 0) is 6.54 Å². The number of pyridine rings is 1. The molecule has 3 N–H and O–H groups in total. The van der Waals surface area contributed by atoms with E-state index >= 15 is 0 Å². The Morgan fingerprint density at radius 1 is 1.69 bits per heavy atom. The normalized spacial score (nSPS) is 10.6. The summed E-state index contributed by atoms with van der Waals surface area (Å²) < 4.78 is 29.9. The Balaban J connectivity index is 3.46. The van der Waals surface area contributed by atoms with Gasteiger partial charge in [0.1, 0.15) is 5.69 Å². The van der Waals surface area contributed by atoms with E-state index in [4.69, 9.17) is 10.8 Å². The molecule has 0 aromatic carbocycles. The van der Waals surface area contributed by atoms with Crippen molar-refractivity contribution in [1.82, 2.24) is 4.98 Å². The van der Waals surface area contributed by atoms with Crippen LogP contribution in [0.1, 0.15) is 28.0 Å². The summed E-state index contributed by atoms with van der Waals surface area (Å²) in [6.07, 6.45) is -2.90. The first-order valence-electron chi connectivity index (χ1n) is 4.30. The fraction of sp³-hybridized carbons (Fsp3) is 0.333. The molecule has 88 valence electrons. The summed E-state index contributed by atoms with van der Waals surface area (Å²) in [4.78, 5) is 14.3. The van der Waals surface area contributed by atoms with Crippen molar-refractivity contribution in [3.63, 3.8) is 0 Å². The van der Waals surface area contributed by atoms with Crippen LogP contribution in [0, 0.1) is 0 Å². The van der Waals surface area contributed by atoms with Gasteiger partial charge in [-0.25, -0.2) is 18.6 Å². The summed E-state index contributed by atoms with van der Waals surface area (Å²) in [5.41, 5.74) is 4.09. The second kappa shape index (κ2) is 4.84. The molecule has 0 aliphatic heterocycles. The van der Waals surface area contributed by atoms with Crippen molar-refractivity contribution >= 4 is 5.97 Å². The molecule has 0 radical (unpaired) electrons. The Morgan fingerprint density at radius 3 is 2.69 bits per heavy atom. The van der Waals surface area contributed by atoms with Gasteiger partial charge in [0.05, 0.1) is 12.7 Å². The summed E-state index contributed by atoms with van der Waals surface area (Å²) in [7, 11) is 1.21. The summed E-state index contributed by atoms with van der Waals surface area (Å²) in [5, 5.41) is 8.84. The van der Waals surface area contributed by atoms with E-state index in [2.05, 4.69) is 9.72 Å². The van der Waals surface area contributed by atoms with Gasteiger partial charge in [-0.05, 0) is 0 Å². The fourth-order valence-electron chi connectivity index (χ4n) is 1.26. The van der Waals surface area contributed by atoms with Crippen molar-refractivity contribution in [1.29, 1.82) is 0 Å². The molecular weight excluding hydrogens is 222 g/mol. The minimum atomic E-state index is -2.90. The van der Waals surface area contributed by atoms with E-state index in [0.717, 1.165) is 6.07 Å². The number of hydrogen-bond acceptors (Lipinski definition) is 4. The third kappa shape index (κ3) is 2.25. The lowest BCUT2D eigenvalue weighted by molar-refractivity contribution is 0.0694. The highest BCUT2D eigenvalue weighted by Gasteiger charge is 2.22. The highest BCUT2D eigenvalue weighted by Crippen LogP contribution is 2.26. The molecule has 0 aliphatic carbocycles. The summed E-state index contributed by atoms with van der Waals surface area (Å²) in [5.74, 6) is -1.52. The fourth-order valence-corrected chi connectivity index (χ4v) is 1.26. The first-order chi connectivity index (χ1) is 7.51. The van der Waals surface area contributed by atoms with E-state index in [-0.39, 0.29) is 23.6 Å². The number of hydrogen-bond donors (Lipinski definition) is 2. The highest BCUT2D eigenvalue weighted by atomic mass is 19.3. The van der Waals surface area contributed by atoms with Crippen LogP contribution >= 0.6 is 0 Å². The van der Waals surface area contributed by atoms with Gasteiger partial charge >= 0.3 is 5.97 Å². The van der Waals surface area contributed by atoms with E-state index in [1.807, 2.05) is 0 Å². The molecule has 1 aromatic heterocycles. The van der Waals surface area contributed by atoms with Crippen LogP contribution in [0.4, 0.5) is 8.78 Å². The quantitative estimate of drug-likeness (QED) is 0.814. The average molecular weight is 232 g/mol. The van der Waals surface area contributed by atoms with Crippen molar-refractivity contribution in [2.24, 2.45) is 5.73 Å². The lowest BCUT2D eigenvalue weighted by Gasteiger charge is -2.11. The first-order valence-corrected chi connectivity index (χ1v) is 4.30. The van der Waals surface area contributed by atoms with Gasteiger partial charge in [0.15, 0.2) is 0 Å². The molecule has 0 saturated carbocycles. The molecule has 0 aliphatic rings. The maximum atomic E-state index is 12.6. The first kappa shape index (κ1) is 12.3. The number of rotatable bonds is 4. The number of nitrogens with zero attached hydrogens (tertiary/aromatic N) is 1. The van der Waals surface area contributed by atoms with Gasteiger partial charge in [-0.3, -0.25) is 0 Å². The van der Waals surface area contributed by atoms with Crippen molar-refractivity contribution in [3.05, 3.63) is 22.9 Å². The highest BCUT2D eigenvalue weighted by molar-refractivity contribution is 5.90. The summed E-state index contributed by atoms with van der Waals surface area (Å²) in [6, 6.07) is 1.07. The number of aromatic nitrogens is 1. The molecule has 0 bridgehead atoms. The van der Waals surface area contributed by atoms with E-state index < -0.39 is 18.1 Å². The minimum Gasteiger partial charge on any atom is -0.481 e. The summed E-state index contributed by atoms with van der Waals surface area (Å²) in [6.45, 7) is -0.321. The second-order valence-corrected chi connectivity index (χ2v) is 2.89. The van der Waals surface area contributed by atoms with Gasteiger partial charge in [-0.15, -0.1) is 0 Å². The van der Waals surface area contributed by atoms with Crippen molar-refractivity contribution in [2.75, 3.05) is 7.11 Å². The van der Waals surface area contributed by atoms with Crippen LogP contribution < -0.4 is 10.5 Å². The van der Waals surface area contributed by atoms with Gasteiger partial charge in [-0.1, -0.05) is 0 Å². The molecule has 0 fully saturated rings. The number of alkyl halides is 2. The number of carboxylic acids is 1. The number of halogens is 2. The van der Waals surface area contributed by atoms with E-state index in [1.165, 1.54) is 7.11 Å². The molecule has 16 heavy (non-hydrogen) atoms. The monoisotopic (exact) mass is 232 g/mol. The predicted octanol–water partition coefficient (Wildman–Crippen LogP) is 1.18. The van der Waals surface area contributed by atoms with Crippen LogP contribution in [-0.4, -0.2) is 23.2 Å². The van der Waals surface area contributed by atoms with E-state index in [0.29, 0.717) is 0 Å². The van der Waals surface area contributed by atoms with Crippen molar-refractivity contribution < 1.29 is 23.4 Å². The number of nitrogens with two attached hydrogens (primary N) is 1. The molecule has 7 heteroatoms. The number of ether oxygens (including phenoxy) is 1. The molecule has 0 unspecified atom stereocenters. The molecule has 1 aromatic rings. The van der Waals surface area contributed by atoms with Gasteiger partial charge in [0.25, 0.3) is 6.43 Å². The maximum absolute atomic E-state index is 12.6. The zero-order chi connectivity index (χ0) is 12.3. The third-order valence-electron chi connectivity index (χ3n) is 1.98. The van der Waals surface area contributed by atoms with Gasteiger partial charge in [0, 0.05) is 18.2 Å². The second-order valence-electron chi connectivity index (χ2n) is 2.89. The van der Waals surface area contributed by atoms with Crippen molar-refractivity contribution in [2.45, 2.75) is 13.0 Å². The summed E-state index contributed by atoms with van der Waals surface area (Å²) >= 11 is 0. The topological polar surface area (TPSA) is 85.4 Å². The molecule has 0 atom stereocenters. The third-order valence-corrected chi connectivity index (χ3v) is 1.98. The number of carboxylic acid groups (broad SMARTS) is 1. The number of methoxy groups -OCH3 is 1. The van der Waals surface area contributed by atoms with E-state index in [1.54, 1.807) is 0 Å². The van der Waals surface area contributed by atoms with Crippen LogP contribution in [0.2, 0.25) is 0 Å². The Kier molecular flexibility index (Phi) is 3.73. The number of aromatic carboxylic acids is 1. The lowest BCUT2D eigenvalue weighted by Crippen LogP contribution is -2.13. The smallest absolute Gasteiger partial charge is 0.336 e. The SMILES string of the molecule is COc1cc(C(=O)O)c(CN)c(C(F)F)n1. The largest absolute Gasteiger partial charge is 0.481 e. The number of carbonyl (C=O) groups is 1.